The summed E-state index contributed by atoms with van der Waals surface area (Å²) in [6, 6.07) is 6.97. The first kappa shape index (κ1) is 19.0. The molecule has 2 rings (SSSR count). The van der Waals surface area contributed by atoms with Gasteiger partial charge in [-0.1, -0.05) is 0 Å². The second kappa shape index (κ2) is 7.69. The van der Waals surface area contributed by atoms with Crippen LogP contribution in [0.1, 0.15) is 38.8 Å². The number of aromatic carboxylic acids is 1. The van der Waals surface area contributed by atoms with Crippen molar-refractivity contribution in [2.45, 2.75) is 20.8 Å². The van der Waals surface area contributed by atoms with Crippen LogP contribution in [-0.4, -0.2) is 34.5 Å². The van der Waals surface area contributed by atoms with Crippen LogP contribution in [0.4, 0.5) is 5.69 Å². The number of rotatable bonds is 6. The summed E-state index contributed by atoms with van der Waals surface area (Å²) >= 11 is 0. The Bertz CT molecular complexity index is 888. The van der Waals surface area contributed by atoms with E-state index in [-0.39, 0.29) is 22.8 Å². The minimum atomic E-state index is -1.29. The topological polar surface area (TPSA) is 113 Å². The maximum Gasteiger partial charge on any atom is 0.337 e. The second-order valence-corrected chi connectivity index (χ2v) is 5.86. The molecule has 0 bridgehead atoms. The molecule has 0 fully saturated rings. The number of carboxylic acid groups (broad SMARTS) is 1. The lowest BCUT2D eigenvalue weighted by Crippen LogP contribution is -2.22. The van der Waals surface area contributed by atoms with E-state index in [2.05, 4.69) is 5.32 Å². The number of phenols is 1. The number of benzene rings is 2. The smallest absolute Gasteiger partial charge is 0.337 e. The van der Waals surface area contributed by atoms with E-state index in [1.165, 1.54) is 19.1 Å². The number of ether oxygens (including phenoxy) is 1. The number of aromatic hydroxyl groups is 1. The molecule has 7 nitrogen and oxygen atoms in total. The summed E-state index contributed by atoms with van der Waals surface area (Å²) in [6.07, 6.45) is 0. The number of ketones is 1. The van der Waals surface area contributed by atoms with Crippen molar-refractivity contribution in [3.63, 3.8) is 0 Å². The highest BCUT2D eigenvalue weighted by Gasteiger charge is 2.16. The molecule has 0 spiro atoms. The number of Topliss-reactive ketones (excluding diaryl/α,β-unsaturated/α-hetero) is 1. The predicted octanol–water partition coefficient (Wildman–Crippen LogP) is 2.93. The van der Waals surface area contributed by atoms with E-state index in [0.29, 0.717) is 11.3 Å². The van der Waals surface area contributed by atoms with Crippen LogP contribution in [0.2, 0.25) is 0 Å². The Kier molecular flexibility index (Phi) is 5.61. The molecule has 0 saturated carbocycles. The maximum absolute atomic E-state index is 12.1. The minimum Gasteiger partial charge on any atom is -0.508 e. The Morgan fingerprint density at radius 3 is 2.31 bits per heavy atom. The van der Waals surface area contributed by atoms with Gasteiger partial charge in [-0.3, -0.25) is 9.59 Å². The fourth-order valence-electron chi connectivity index (χ4n) is 2.33. The number of carbonyl (C=O) groups is 3. The zero-order chi connectivity index (χ0) is 19.4. The lowest BCUT2D eigenvalue weighted by Gasteiger charge is -2.13. The summed E-state index contributed by atoms with van der Waals surface area (Å²) in [4.78, 5) is 35.0. The Balaban J connectivity index is 2.14. The summed E-state index contributed by atoms with van der Waals surface area (Å²) in [5.41, 5.74) is 2.01. The fourth-order valence-corrected chi connectivity index (χ4v) is 2.33. The molecule has 26 heavy (non-hydrogen) atoms. The van der Waals surface area contributed by atoms with Gasteiger partial charge in [0, 0.05) is 0 Å². The first-order valence-corrected chi connectivity index (χ1v) is 7.80. The summed E-state index contributed by atoms with van der Waals surface area (Å²) in [7, 11) is 0. The van der Waals surface area contributed by atoms with Gasteiger partial charge in [-0.05, 0) is 62.2 Å². The fraction of sp³-hybridized carbons (Fsp3) is 0.211. The van der Waals surface area contributed by atoms with Crippen LogP contribution in [0.5, 0.6) is 11.5 Å². The first-order valence-electron chi connectivity index (χ1n) is 7.80. The molecule has 0 aliphatic heterocycles. The third-order valence-corrected chi connectivity index (χ3v) is 3.84. The number of nitrogens with one attached hydrogen (secondary N) is 1. The van der Waals surface area contributed by atoms with Gasteiger partial charge in [0.05, 0.1) is 16.8 Å². The molecule has 3 N–H and O–H groups in total. The third-order valence-electron chi connectivity index (χ3n) is 3.84. The molecule has 0 saturated heterocycles. The summed E-state index contributed by atoms with van der Waals surface area (Å²) in [5, 5.41) is 20.9. The van der Waals surface area contributed by atoms with Crippen LogP contribution in [0.15, 0.2) is 30.3 Å². The number of phenolic OH excluding ortho intramolecular Hbond substituents is 1. The van der Waals surface area contributed by atoms with Gasteiger partial charge in [-0.2, -0.15) is 0 Å². The predicted molar refractivity (Wildman–Crippen MR) is 95.1 cm³/mol. The molecular weight excluding hydrogens is 338 g/mol. The standard InChI is InChI=1S/C19H19NO6/c1-10-6-14(12(3)21)17(7-11(10)2)26-9-18(23)20-16-5-4-13(22)8-15(16)19(24)25/h4-8,22H,9H2,1-3H3,(H,20,23)(H,24,25). The zero-order valence-corrected chi connectivity index (χ0v) is 14.6. The van der Waals surface area contributed by atoms with Crippen molar-refractivity contribution in [2.24, 2.45) is 0 Å². The normalized spacial score (nSPS) is 10.3. The van der Waals surface area contributed by atoms with Crippen LogP contribution in [0.25, 0.3) is 0 Å². The van der Waals surface area contributed by atoms with Crippen molar-refractivity contribution in [2.75, 3.05) is 11.9 Å². The highest BCUT2D eigenvalue weighted by atomic mass is 16.5. The van der Waals surface area contributed by atoms with Crippen LogP contribution >= 0.6 is 0 Å². The molecule has 0 aliphatic carbocycles. The van der Waals surface area contributed by atoms with Gasteiger partial charge in [0.25, 0.3) is 5.91 Å². The second-order valence-electron chi connectivity index (χ2n) is 5.86. The van der Waals surface area contributed by atoms with Crippen LogP contribution in [-0.2, 0) is 4.79 Å². The third kappa shape index (κ3) is 4.38. The Morgan fingerprint density at radius 1 is 1.04 bits per heavy atom. The molecule has 0 unspecified atom stereocenters. The monoisotopic (exact) mass is 357 g/mol. The minimum absolute atomic E-state index is 0.0378. The van der Waals surface area contributed by atoms with Crippen molar-refractivity contribution in [3.8, 4) is 11.5 Å². The van der Waals surface area contributed by atoms with Crippen LogP contribution < -0.4 is 10.1 Å². The van der Waals surface area contributed by atoms with E-state index < -0.39 is 18.5 Å². The molecule has 7 heteroatoms. The Morgan fingerprint density at radius 2 is 1.69 bits per heavy atom. The van der Waals surface area contributed by atoms with E-state index in [0.717, 1.165) is 17.2 Å². The molecule has 136 valence electrons. The highest BCUT2D eigenvalue weighted by molar-refractivity contribution is 6.01. The molecular formula is C19H19NO6. The maximum atomic E-state index is 12.1. The number of carboxylic acids is 1. The van der Waals surface area contributed by atoms with E-state index in [1.54, 1.807) is 12.1 Å². The van der Waals surface area contributed by atoms with Gasteiger partial charge in [-0.25, -0.2) is 4.79 Å². The molecule has 0 heterocycles. The number of carbonyl (C=O) groups excluding carboxylic acids is 2. The lowest BCUT2D eigenvalue weighted by atomic mass is 10.0. The summed E-state index contributed by atoms with van der Waals surface area (Å²) < 4.78 is 5.46. The number of amides is 1. The van der Waals surface area contributed by atoms with E-state index >= 15 is 0 Å². The van der Waals surface area contributed by atoms with Gasteiger partial charge in [0.15, 0.2) is 12.4 Å². The summed E-state index contributed by atoms with van der Waals surface area (Å²) in [6.45, 7) is 4.74. The van der Waals surface area contributed by atoms with Crippen LogP contribution in [0, 0.1) is 13.8 Å². The highest BCUT2D eigenvalue weighted by Crippen LogP contribution is 2.24. The number of anilines is 1. The zero-order valence-electron chi connectivity index (χ0n) is 14.6. The van der Waals surface area contributed by atoms with E-state index in [1.807, 2.05) is 13.8 Å². The number of hydrogen-bond donors (Lipinski definition) is 3. The lowest BCUT2D eigenvalue weighted by molar-refractivity contribution is -0.118. The van der Waals surface area contributed by atoms with Gasteiger partial charge in [0.2, 0.25) is 0 Å². The Hall–Kier alpha value is -3.35. The molecule has 0 aliphatic rings. The largest absolute Gasteiger partial charge is 0.508 e. The van der Waals surface area contributed by atoms with Crippen molar-refractivity contribution >= 4 is 23.3 Å². The summed E-state index contributed by atoms with van der Waals surface area (Å²) in [5.74, 6) is -2.00. The molecule has 0 atom stereocenters. The first-order chi connectivity index (χ1) is 12.2. The number of hydrogen-bond acceptors (Lipinski definition) is 5. The van der Waals surface area contributed by atoms with Gasteiger partial charge in [-0.15, -0.1) is 0 Å². The molecule has 2 aromatic carbocycles. The molecule has 0 aromatic heterocycles. The van der Waals surface area contributed by atoms with Crippen LogP contribution in [0.3, 0.4) is 0 Å². The average molecular weight is 357 g/mol. The van der Waals surface area contributed by atoms with E-state index in [4.69, 9.17) is 9.84 Å². The molecule has 2 aromatic rings. The SMILES string of the molecule is CC(=O)c1cc(C)c(C)cc1OCC(=O)Nc1ccc(O)cc1C(=O)O. The quantitative estimate of drug-likeness (QED) is 0.541. The van der Waals surface area contributed by atoms with Crippen molar-refractivity contribution in [1.29, 1.82) is 0 Å². The van der Waals surface area contributed by atoms with Crippen molar-refractivity contribution in [3.05, 3.63) is 52.6 Å². The average Bonchev–Trinajstić information content (AvgIpc) is 2.56. The number of aryl methyl sites for hydroxylation is 2. The van der Waals surface area contributed by atoms with Crippen molar-refractivity contribution in [1.82, 2.24) is 0 Å². The van der Waals surface area contributed by atoms with Gasteiger partial charge >= 0.3 is 5.97 Å². The van der Waals surface area contributed by atoms with Gasteiger partial charge in [0.1, 0.15) is 11.5 Å². The molecule has 1 amide bonds. The van der Waals surface area contributed by atoms with Crippen molar-refractivity contribution < 1.29 is 29.3 Å². The Labute approximate surface area is 150 Å². The molecule has 0 radical (unpaired) electrons. The van der Waals surface area contributed by atoms with E-state index in [9.17, 15) is 19.5 Å². The van der Waals surface area contributed by atoms with Gasteiger partial charge < -0.3 is 20.3 Å².